The molecule has 0 spiro atoms. The standard InChI is InChI=1S/C12H19N3/c1-4-15-6-5-11(8-15)7-14-10-12(2,3)9-13/h5-6,8,14H,4,7,10H2,1-3H3. The van der Waals surface area contributed by atoms with Crippen LogP contribution in [-0.2, 0) is 13.1 Å². The van der Waals surface area contributed by atoms with Gasteiger partial charge in [0.1, 0.15) is 0 Å². The van der Waals surface area contributed by atoms with E-state index in [1.807, 2.05) is 13.8 Å². The Hall–Kier alpha value is -1.27. The molecule has 1 rings (SSSR count). The second-order valence-electron chi connectivity index (χ2n) is 4.45. The molecule has 3 nitrogen and oxygen atoms in total. The number of nitrogens with zero attached hydrogens (tertiary/aromatic N) is 2. The van der Waals surface area contributed by atoms with Crippen molar-refractivity contribution in [1.29, 1.82) is 5.26 Å². The Balaban J connectivity index is 2.35. The lowest BCUT2D eigenvalue weighted by molar-refractivity contribution is 0.445. The van der Waals surface area contributed by atoms with Gasteiger partial charge in [-0.1, -0.05) is 0 Å². The van der Waals surface area contributed by atoms with Crippen LogP contribution in [0.1, 0.15) is 26.3 Å². The maximum absolute atomic E-state index is 8.84. The van der Waals surface area contributed by atoms with Crippen LogP contribution in [0.4, 0.5) is 0 Å². The number of nitriles is 1. The molecule has 0 unspecified atom stereocenters. The predicted octanol–water partition coefficient (Wildman–Crippen LogP) is 2.15. The molecule has 82 valence electrons. The van der Waals surface area contributed by atoms with Crippen molar-refractivity contribution in [3.63, 3.8) is 0 Å². The third kappa shape index (κ3) is 3.77. The SMILES string of the molecule is CCn1ccc(CNCC(C)(C)C#N)c1. The molecule has 1 N–H and O–H groups in total. The summed E-state index contributed by atoms with van der Waals surface area (Å²) in [7, 11) is 0. The minimum Gasteiger partial charge on any atom is -0.354 e. The molecule has 1 aromatic rings. The van der Waals surface area contributed by atoms with Crippen LogP contribution in [0.5, 0.6) is 0 Å². The molecule has 1 aromatic heterocycles. The van der Waals surface area contributed by atoms with Crippen LogP contribution in [0.15, 0.2) is 18.5 Å². The molecule has 0 radical (unpaired) electrons. The lowest BCUT2D eigenvalue weighted by Crippen LogP contribution is -2.27. The van der Waals surface area contributed by atoms with Crippen molar-refractivity contribution in [2.75, 3.05) is 6.54 Å². The first kappa shape index (κ1) is 11.8. The highest BCUT2D eigenvalue weighted by Gasteiger charge is 2.15. The fourth-order valence-electron chi connectivity index (χ4n) is 1.35. The van der Waals surface area contributed by atoms with Crippen molar-refractivity contribution in [3.8, 4) is 6.07 Å². The number of rotatable bonds is 5. The highest BCUT2D eigenvalue weighted by Crippen LogP contribution is 2.11. The van der Waals surface area contributed by atoms with Crippen molar-refractivity contribution in [3.05, 3.63) is 24.0 Å². The van der Waals surface area contributed by atoms with Crippen LogP contribution in [0.25, 0.3) is 0 Å². The molecule has 0 aliphatic carbocycles. The summed E-state index contributed by atoms with van der Waals surface area (Å²) in [4.78, 5) is 0. The average molecular weight is 205 g/mol. The lowest BCUT2D eigenvalue weighted by Gasteiger charge is -2.15. The van der Waals surface area contributed by atoms with Gasteiger partial charge in [-0.15, -0.1) is 0 Å². The summed E-state index contributed by atoms with van der Waals surface area (Å²) in [6, 6.07) is 4.38. The van der Waals surface area contributed by atoms with Crippen LogP contribution in [0, 0.1) is 16.7 Å². The normalized spacial score (nSPS) is 11.3. The highest BCUT2D eigenvalue weighted by molar-refractivity contribution is 5.10. The smallest absolute Gasteiger partial charge is 0.0697 e. The number of nitrogens with one attached hydrogen (secondary N) is 1. The van der Waals surface area contributed by atoms with E-state index >= 15 is 0 Å². The maximum Gasteiger partial charge on any atom is 0.0697 e. The summed E-state index contributed by atoms with van der Waals surface area (Å²) in [5, 5.41) is 12.1. The van der Waals surface area contributed by atoms with Gasteiger partial charge in [0, 0.05) is 32.0 Å². The van der Waals surface area contributed by atoms with Crippen molar-refractivity contribution < 1.29 is 0 Å². The largest absolute Gasteiger partial charge is 0.354 e. The van der Waals surface area contributed by atoms with Gasteiger partial charge < -0.3 is 9.88 Å². The van der Waals surface area contributed by atoms with Crippen molar-refractivity contribution in [2.45, 2.75) is 33.9 Å². The van der Waals surface area contributed by atoms with Gasteiger partial charge in [-0.05, 0) is 32.4 Å². The van der Waals surface area contributed by atoms with Crippen LogP contribution < -0.4 is 5.32 Å². The van der Waals surface area contributed by atoms with Gasteiger partial charge in [0.25, 0.3) is 0 Å². The van der Waals surface area contributed by atoms with Gasteiger partial charge >= 0.3 is 0 Å². The summed E-state index contributed by atoms with van der Waals surface area (Å²) < 4.78 is 2.15. The minimum atomic E-state index is -0.284. The Kier molecular flexibility index (Phi) is 3.93. The molecule has 0 aliphatic rings. The summed E-state index contributed by atoms with van der Waals surface area (Å²) in [5.41, 5.74) is 0.985. The zero-order valence-electron chi connectivity index (χ0n) is 9.75. The molecule has 15 heavy (non-hydrogen) atoms. The number of aryl methyl sites for hydroxylation is 1. The Morgan fingerprint density at radius 2 is 2.27 bits per heavy atom. The molecular weight excluding hydrogens is 186 g/mol. The molecule has 0 fully saturated rings. The molecule has 0 atom stereocenters. The quantitative estimate of drug-likeness (QED) is 0.800. The summed E-state index contributed by atoms with van der Waals surface area (Å²) >= 11 is 0. The van der Waals surface area contributed by atoms with E-state index in [2.05, 4.69) is 41.3 Å². The van der Waals surface area contributed by atoms with E-state index in [-0.39, 0.29) is 5.41 Å². The Bertz CT molecular complexity index is 344. The Morgan fingerprint density at radius 3 is 2.80 bits per heavy atom. The van der Waals surface area contributed by atoms with E-state index in [4.69, 9.17) is 5.26 Å². The third-order valence-electron chi connectivity index (χ3n) is 2.38. The first-order valence-electron chi connectivity index (χ1n) is 5.34. The monoisotopic (exact) mass is 205 g/mol. The van der Waals surface area contributed by atoms with E-state index in [0.29, 0.717) is 0 Å². The van der Waals surface area contributed by atoms with E-state index in [9.17, 15) is 0 Å². The lowest BCUT2D eigenvalue weighted by atomic mass is 9.96. The summed E-state index contributed by atoms with van der Waals surface area (Å²) in [5.74, 6) is 0. The fourth-order valence-corrected chi connectivity index (χ4v) is 1.35. The zero-order valence-corrected chi connectivity index (χ0v) is 9.75. The predicted molar refractivity (Wildman–Crippen MR) is 61.2 cm³/mol. The van der Waals surface area contributed by atoms with Gasteiger partial charge in [0.2, 0.25) is 0 Å². The van der Waals surface area contributed by atoms with Crippen LogP contribution in [-0.4, -0.2) is 11.1 Å². The Morgan fingerprint density at radius 1 is 1.53 bits per heavy atom. The minimum absolute atomic E-state index is 0.284. The first-order chi connectivity index (χ1) is 7.07. The van der Waals surface area contributed by atoms with E-state index in [1.54, 1.807) is 0 Å². The summed E-state index contributed by atoms with van der Waals surface area (Å²) in [6.45, 7) is 8.56. The molecular formula is C12H19N3. The van der Waals surface area contributed by atoms with Gasteiger partial charge in [-0.25, -0.2) is 0 Å². The molecule has 0 aliphatic heterocycles. The summed E-state index contributed by atoms with van der Waals surface area (Å²) in [6.07, 6.45) is 4.21. The van der Waals surface area contributed by atoms with Crippen LogP contribution in [0.3, 0.4) is 0 Å². The highest BCUT2D eigenvalue weighted by atomic mass is 14.9. The number of hydrogen-bond acceptors (Lipinski definition) is 2. The molecule has 0 aromatic carbocycles. The Labute approximate surface area is 91.7 Å². The number of aromatic nitrogens is 1. The fraction of sp³-hybridized carbons (Fsp3) is 0.583. The average Bonchev–Trinajstić information content (AvgIpc) is 2.66. The van der Waals surface area contributed by atoms with E-state index in [0.717, 1.165) is 19.6 Å². The second-order valence-corrected chi connectivity index (χ2v) is 4.45. The molecule has 0 amide bonds. The van der Waals surface area contributed by atoms with Gasteiger partial charge in [0.05, 0.1) is 11.5 Å². The molecule has 0 saturated heterocycles. The first-order valence-corrected chi connectivity index (χ1v) is 5.34. The topological polar surface area (TPSA) is 40.8 Å². The van der Waals surface area contributed by atoms with E-state index < -0.39 is 0 Å². The van der Waals surface area contributed by atoms with Gasteiger partial charge in [-0.3, -0.25) is 0 Å². The third-order valence-corrected chi connectivity index (χ3v) is 2.38. The van der Waals surface area contributed by atoms with E-state index in [1.165, 1.54) is 5.56 Å². The maximum atomic E-state index is 8.84. The van der Waals surface area contributed by atoms with Crippen LogP contribution in [0.2, 0.25) is 0 Å². The van der Waals surface area contributed by atoms with Crippen molar-refractivity contribution in [2.24, 2.45) is 5.41 Å². The number of hydrogen-bond donors (Lipinski definition) is 1. The van der Waals surface area contributed by atoms with Crippen molar-refractivity contribution >= 4 is 0 Å². The van der Waals surface area contributed by atoms with Gasteiger partial charge in [0.15, 0.2) is 0 Å². The van der Waals surface area contributed by atoms with Crippen molar-refractivity contribution in [1.82, 2.24) is 9.88 Å². The van der Waals surface area contributed by atoms with Crippen LogP contribution >= 0.6 is 0 Å². The zero-order chi connectivity index (χ0) is 11.3. The molecule has 1 heterocycles. The molecule has 0 saturated carbocycles. The molecule has 3 heteroatoms. The molecule has 0 bridgehead atoms. The van der Waals surface area contributed by atoms with Gasteiger partial charge in [-0.2, -0.15) is 5.26 Å². The second kappa shape index (κ2) is 4.99.